The van der Waals surface area contributed by atoms with Gasteiger partial charge in [0, 0.05) is 40.6 Å². The molecule has 20 heavy (non-hydrogen) atoms. The Bertz CT molecular complexity index is 719. The highest BCUT2D eigenvalue weighted by Gasteiger charge is 2.33. The summed E-state index contributed by atoms with van der Waals surface area (Å²) in [7, 11) is 2.16. The van der Waals surface area contributed by atoms with Crippen molar-refractivity contribution in [2.24, 2.45) is 5.92 Å². The number of aromatic nitrogens is 1. The van der Waals surface area contributed by atoms with Gasteiger partial charge in [-0.3, -0.25) is 4.90 Å². The summed E-state index contributed by atoms with van der Waals surface area (Å²) in [5, 5.41) is 10.8. The topological polar surface area (TPSA) is 28.4 Å². The summed E-state index contributed by atoms with van der Waals surface area (Å²) < 4.78 is 3.52. The van der Waals surface area contributed by atoms with E-state index in [9.17, 15) is 5.11 Å². The number of halogens is 1. The van der Waals surface area contributed by atoms with Gasteiger partial charge in [-0.15, -0.1) is 0 Å². The molecule has 1 aromatic carbocycles. The summed E-state index contributed by atoms with van der Waals surface area (Å²) in [6, 6.07) is 6.90. The van der Waals surface area contributed by atoms with Crippen molar-refractivity contribution in [3.8, 4) is 0 Å². The molecular weight excluding hydrogens is 316 g/mol. The third kappa shape index (κ3) is 1.65. The lowest BCUT2D eigenvalue weighted by atomic mass is 9.86. The molecule has 1 unspecified atom stereocenters. The second-order valence-electron chi connectivity index (χ2n) is 5.85. The average Bonchev–Trinajstić information content (AvgIpc) is 2.78. The Morgan fingerprint density at radius 1 is 1.35 bits per heavy atom. The Balaban J connectivity index is 1.99. The summed E-state index contributed by atoms with van der Waals surface area (Å²) in [4.78, 5) is 2.37. The van der Waals surface area contributed by atoms with Gasteiger partial charge in [0.1, 0.15) is 0 Å². The van der Waals surface area contributed by atoms with Crippen LogP contribution in [0.25, 0.3) is 16.5 Å². The van der Waals surface area contributed by atoms with Crippen LogP contribution in [-0.4, -0.2) is 40.8 Å². The molecule has 0 fully saturated rings. The number of aliphatic hydroxyl groups excluding tert-OH is 1. The summed E-state index contributed by atoms with van der Waals surface area (Å²) in [6.45, 7) is 2.14. The van der Waals surface area contributed by atoms with Crippen molar-refractivity contribution in [1.29, 1.82) is 0 Å². The van der Waals surface area contributed by atoms with E-state index in [1.54, 1.807) is 0 Å². The van der Waals surface area contributed by atoms with E-state index in [-0.39, 0.29) is 12.5 Å². The third-order valence-corrected chi connectivity index (χ3v) is 5.23. The molecule has 0 saturated carbocycles. The van der Waals surface area contributed by atoms with E-state index in [2.05, 4.69) is 62.9 Å². The van der Waals surface area contributed by atoms with Gasteiger partial charge < -0.3 is 9.67 Å². The molecule has 0 saturated heterocycles. The van der Waals surface area contributed by atoms with E-state index in [0.29, 0.717) is 6.04 Å². The number of nitrogens with zero attached hydrogens (tertiary/aromatic N) is 2. The van der Waals surface area contributed by atoms with Crippen LogP contribution in [0.1, 0.15) is 5.56 Å². The molecule has 3 nitrogen and oxygen atoms in total. The number of hydrogen-bond acceptors (Lipinski definition) is 2. The van der Waals surface area contributed by atoms with Gasteiger partial charge in [0.2, 0.25) is 0 Å². The van der Waals surface area contributed by atoms with Gasteiger partial charge >= 0.3 is 0 Å². The minimum atomic E-state index is 0.223. The zero-order valence-electron chi connectivity index (χ0n) is 11.4. The van der Waals surface area contributed by atoms with Crippen molar-refractivity contribution < 1.29 is 5.11 Å². The smallest absolute Gasteiger partial charge is 0.0569 e. The van der Waals surface area contributed by atoms with E-state index >= 15 is 0 Å². The van der Waals surface area contributed by atoms with E-state index in [0.717, 1.165) is 17.6 Å². The average molecular weight is 333 g/mol. The first-order chi connectivity index (χ1) is 9.69. The Morgan fingerprint density at radius 2 is 2.20 bits per heavy atom. The van der Waals surface area contributed by atoms with Crippen LogP contribution in [0.5, 0.6) is 0 Å². The molecule has 0 bridgehead atoms. The van der Waals surface area contributed by atoms with E-state index < -0.39 is 0 Å². The van der Waals surface area contributed by atoms with Gasteiger partial charge in [0.25, 0.3) is 0 Å². The first kappa shape index (κ1) is 12.6. The maximum absolute atomic E-state index is 9.51. The molecule has 2 aliphatic rings. The maximum atomic E-state index is 9.51. The van der Waals surface area contributed by atoms with Crippen LogP contribution in [0, 0.1) is 5.92 Å². The molecular formula is C16H17BrN2O. The molecule has 0 aliphatic carbocycles. The van der Waals surface area contributed by atoms with Gasteiger partial charge in [-0.1, -0.05) is 24.3 Å². The lowest BCUT2D eigenvalue weighted by Crippen LogP contribution is -2.44. The van der Waals surface area contributed by atoms with Crippen molar-refractivity contribution >= 4 is 32.4 Å². The molecule has 2 aliphatic heterocycles. The monoisotopic (exact) mass is 332 g/mol. The Hall–Kier alpha value is -1.10. The first-order valence-corrected chi connectivity index (χ1v) is 7.79. The molecule has 4 heteroatoms. The number of aliphatic hydroxyl groups is 1. The molecule has 1 N–H and O–H groups in total. The number of rotatable bonds is 1. The number of likely N-dealkylation sites (N-methyl/N-ethyl adjacent to an activating group) is 1. The highest BCUT2D eigenvalue weighted by molar-refractivity contribution is 9.10. The van der Waals surface area contributed by atoms with Crippen LogP contribution < -0.4 is 0 Å². The lowest BCUT2D eigenvalue weighted by Gasteiger charge is -2.40. The van der Waals surface area contributed by atoms with Crippen LogP contribution in [0.15, 0.2) is 34.9 Å². The van der Waals surface area contributed by atoms with Crippen LogP contribution in [-0.2, 0) is 6.54 Å². The Kier molecular flexibility index (Phi) is 2.81. The molecule has 0 radical (unpaired) electrons. The summed E-state index contributed by atoms with van der Waals surface area (Å²) in [5.41, 5.74) is 4.00. The fourth-order valence-corrected chi connectivity index (χ4v) is 4.22. The fraction of sp³-hybridized carbons (Fsp3) is 0.375. The van der Waals surface area contributed by atoms with Crippen molar-refractivity contribution in [2.45, 2.75) is 12.6 Å². The van der Waals surface area contributed by atoms with Gasteiger partial charge in [0.15, 0.2) is 0 Å². The zero-order chi connectivity index (χ0) is 13.9. The zero-order valence-corrected chi connectivity index (χ0v) is 13.0. The number of benzene rings is 1. The van der Waals surface area contributed by atoms with E-state index in [1.807, 2.05) is 0 Å². The minimum absolute atomic E-state index is 0.223. The van der Waals surface area contributed by atoms with Crippen molar-refractivity contribution in [1.82, 2.24) is 9.47 Å². The van der Waals surface area contributed by atoms with Gasteiger partial charge in [-0.25, -0.2) is 0 Å². The van der Waals surface area contributed by atoms with Crippen molar-refractivity contribution in [3.05, 3.63) is 40.5 Å². The van der Waals surface area contributed by atoms with Crippen molar-refractivity contribution in [3.63, 3.8) is 0 Å². The highest BCUT2D eigenvalue weighted by Crippen LogP contribution is 2.40. The molecule has 0 spiro atoms. The Morgan fingerprint density at radius 3 is 3.00 bits per heavy atom. The predicted molar refractivity (Wildman–Crippen MR) is 84.6 cm³/mol. The maximum Gasteiger partial charge on any atom is 0.0569 e. The normalized spacial score (nSPS) is 25.6. The molecule has 4 rings (SSSR count). The number of fused-ring (bicyclic) bond motifs is 2. The van der Waals surface area contributed by atoms with Gasteiger partial charge in [0.05, 0.1) is 18.2 Å². The predicted octanol–water partition coefficient (Wildman–Crippen LogP) is 2.72. The first-order valence-electron chi connectivity index (χ1n) is 6.99. The largest absolute Gasteiger partial charge is 0.396 e. The van der Waals surface area contributed by atoms with Gasteiger partial charge in [-0.2, -0.15) is 0 Å². The minimum Gasteiger partial charge on any atom is -0.396 e. The van der Waals surface area contributed by atoms with E-state index in [1.165, 1.54) is 22.0 Å². The summed E-state index contributed by atoms with van der Waals surface area (Å²) >= 11 is 3.67. The third-order valence-electron chi connectivity index (χ3n) is 4.59. The highest BCUT2D eigenvalue weighted by atomic mass is 79.9. The molecule has 2 aromatic rings. The quantitative estimate of drug-likeness (QED) is 0.869. The fourth-order valence-electron chi connectivity index (χ4n) is 3.65. The van der Waals surface area contributed by atoms with Crippen LogP contribution in [0.2, 0.25) is 0 Å². The van der Waals surface area contributed by atoms with Crippen LogP contribution >= 0.6 is 15.9 Å². The number of hydrogen-bond donors (Lipinski definition) is 1. The van der Waals surface area contributed by atoms with Crippen LogP contribution in [0.3, 0.4) is 0 Å². The summed E-state index contributed by atoms with van der Waals surface area (Å²) in [6.07, 6.45) is 4.47. The standard InChI is InChI=1S/C16H17BrN2O/c1-18-6-10(9-20)5-13-11-3-2-4-12-14(17)7-19(16(11)12)8-15(13)18/h2-5,7,10,15,20H,6,8-9H2,1H3/t10-,15?/m0/s1. The molecule has 0 amide bonds. The SMILES string of the molecule is CN1C[C@@H](CO)C=C2c3cccc4c(Br)cn(c34)CC21. The van der Waals surface area contributed by atoms with Gasteiger partial charge in [-0.05, 0) is 28.6 Å². The molecule has 1 aromatic heterocycles. The number of para-hydroxylation sites is 1. The lowest BCUT2D eigenvalue weighted by molar-refractivity contribution is 0.174. The second-order valence-corrected chi connectivity index (χ2v) is 6.71. The second kappa shape index (κ2) is 4.45. The van der Waals surface area contributed by atoms with Crippen LogP contribution in [0.4, 0.5) is 0 Å². The van der Waals surface area contributed by atoms with E-state index in [4.69, 9.17) is 0 Å². The Labute approximate surface area is 126 Å². The summed E-state index contributed by atoms with van der Waals surface area (Å²) in [5.74, 6) is 0.242. The van der Waals surface area contributed by atoms with Crippen molar-refractivity contribution in [2.75, 3.05) is 20.2 Å². The molecule has 104 valence electrons. The molecule has 3 heterocycles. The molecule has 2 atom stereocenters.